The van der Waals surface area contributed by atoms with E-state index in [2.05, 4.69) is 9.47 Å². The molecule has 0 N–H and O–H groups in total. The standard InChI is InChI=1S/C12H9F3O4/c1-7-9(16)19-11(10(17)18-7,12(13,14)15)8-5-3-2-4-6-8/h2-7H,1H3. The minimum absolute atomic E-state index is 0.493. The van der Waals surface area contributed by atoms with Gasteiger partial charge in [-0.25, -0.2) is 9.59 Å². The summed E-state index contributed by atoms with van der Waals surface area (Å²) in [5.41, 5.74) is -3.88. The fourth-order valence-corrected chi connectivity index (χ4v) is 1.75. The SMILES string of the molecule is CC1OC(=O)C(c2ccccc2)(C(F)(F)F)OC1=O. The summed E-state index contributed by atoms with van der Waals surface area (Å²) in [5.74, 6) is -2.88. The van der Waals surface area contributed by atoms with Crippen molar-refractivity contribution < 1.29 is 32.2 Å². The molecule has 0 amide bonds. The first-order valence-electron chi connectivity index (χ1n) is 5.35. The van der Waals surface area contributed by atoms with Gasteiger partial charge in [-0.1, -0.05) is 30.3 Å². The lowest BCUT2D eigenvalue weighted by Crippen LogP contribution is -2.58. The largest absolute Gasteiger partial charge is 0.447 e. The van der Waals surface area contributed by atoms with E-state index in [0.717, 1.165) is 19.1 Å². The molecule has 0 saturated carbocycles. The van der Waals surface area contributed by atoms with Crippen LogP contribution in [0.4, 0.5) is 13.2 Å². The van der Waals surface area contributed by atoms with Gasteiger partial charge in [0.2, 0.25) is 0 Å². The van der Waals surface area contributed by atoms with Crippen molar-refractivity contribution in [1.29, 1.82) is 0 Å². The summed E-state index contributed by atoms with van der Waals surface area (Å²) in [5, 5.41) is 0. The number of carbonyl (C=O) groups excluding carboxylic acids is 2. The first-order chi connectivity index (χ1) is 8.79. The summed E-state index contributed by atoms with van der Waals surface area (Å²) in [4.78, 5) is 23.1. The van der Waals surface area contributed by atoms with Crippen LogP contribution in [-0.2, 0) is 24.7 Å². The minimum atomic E-state index is -5.11. The third kappa shape index (κ3) is 1.94. The Morgan fingerprint density at radius 2 is 1.74 bits per heavy atom. The van der Waals surface area contributed by atoms with Gasteiger partial charge in [0.05, 0.1) is 0 Å². The van der Waals surface area contributed by atoms with Gasteiger partial charge in [0, 0.05) is 5.56 Å². The van der Waals surface area contributed by atoms with Crippen molar-refractivity contribution in [2.45, 2.75) is 24.8 Å². The van der Waals surface area contributed by atoms with Crippen LogP contribution in [0.15, 0.2) is 30.3 Å². The van der Waals surface area contributed by atoms with Crippen molar-refractivity contribution >= 4 is 11.9 Å². The second-order valence-corrected chi connectivity index (χ2v) is 4.01. The molecule has 0 bridgehead atoms. The molecule has 19 heavy (non-hydrogen) atoms. The molecule has 1 aliphatic rings. The third-order valence-electron chi connectivity index (χ3n) is 2.74. The van der Waals surface area contributed by atoms with Crippen molar-refractivity contribution in [2.24, 2.45) is 0 Å². The Hall–Kier alpha value is -2.05. The van der Waals surface area contributed by atoms with Gasteiger partial charge in [-0.3, -0.25) is 0 Å². The molecule has 102 valence electrons. The predicted molar refractivity (Wildman–Crippen MR) is 55.8 cm³/mol. The summed E-state index contributed by atoms with van der Waals surface area (Å²) in [6.07, 6.45) is -6.46. The quantitative estimate of drug-likeness (QED) is 0.734. The normalized spacial score (nSPS) is 27.7. The fourth-order valence-electron chi connectivity index (χ4n) is 1.75. The van der Waals surface area contributed by atoms with Crippen LogP contribution >= 0.6 is 0 Å². The van der Waals surface area contributed by atoms with E-state index < -0.39 is 35.4 Å². The van der Waals surface area contributed by atoms with E-state index in [-0.39, 0.29) is 0 Å². The molecule has 7 heteroatoms. The maximum atomic E-state index is 13.3. The zero-order valence-corrected chi connectivity index (χ0v) is 9.73. The molecule has 0 aliphatic carbocycles. The Balaban J connectivity index is 2.60. The van der Waals surface area contributed by atoms with Crippen LogP contribution in [0, 0.1) is 0 Å². The number of ether oxygens (including phenoxy) is 2. The van der Waals surface area contributed by atoms with Crippen LogP contribution in [0.3, 0.4) is 0 Å². The lowest BCUT2D eigenvalue weighted by molar-refractivity contribution is -0.291. The third-order valence-corrected chi connectivity index (χ3v) is 2.74. The molecule has 1 saturated heterocycles. The van der Waals surface area contributed by atoms with E-state index in [1.165, 1.54) is 18.2 Å². The predicted octanol–water partition coefficient (Wildman–Crippen LogP) is 1.93. The molecule has 2 atom stereocenters. The van der Waals surface area contributed by atoms with Gasteiger partial charge in [0.25, 0.3) is 0 Å². The molecule has 0 aromatic heterocycles. The van der Waals surface area contributed by atoms with Crippen molar-refractivity contribution in [3.05, 3.63) is 35.9 Å². The highest BCUT2D eigenvalue weighted by Gasteiger charge is 2.69. The van der Waals surface area contributed by atoms with Gasteiger partial charge in [0.15, 0.2) is 6.10 Å². The lowest BCUT2D eigenvalue weighted by Gasteiger charge is -2.37. The molecular weight excluding hydrogens is 265 g/mol. The molecule has 4 nitrogen and oxygen atoms in total. The molecule has 1 aromatic carbocycles. The van der Waals surface area contributed by atoms with Gasteiger partial charge < -0.3 is 9.47 Å². The molecule has 1 aliphatic heterocycles. The molecule has 1 heterocycles. The van der Waals surface area contributed by atoms with E-state index in [1.807, 2.05) is 0 Å². The first-order valence-corrected chi connectivity index (χ1v) is 5.35. The van der Waals surface area contributed by atoms with Crippen molar-refractivity contribution in [3.63, 3.8) is 0 Å². The zero-order valence-electron chi connectivity index (χ0n) is 9.73. The maximum absolute atomic E-state index is 13.3. The first kappa shape index (κ1) is 13.4. The van der Waals surface area contributed by atoms with Crippen LogP contribution in [0.1, 0.15) is 12.5 Å². The second-order valence-electron chi connectivity index (χ2n) is 4.01. The highest BCUT2D eigenvalue weighted by Crippen LogP contribution is 2.45. The van der Waals surface area contributed by atoms with Crippen molar-refractivity contribution in [1.82, 2.24) is 0 Å². The average Bonchev–Trinajstić information content (AvgIpc) is 2.33. The van der Waals surface area contributed by atoms with Crippen molar-refractivity contribution in [2.75, 3.05) is 0 Å². The Kier molecular flexibility index (Phi) is 3.00. The second kappa shape index (κ2) is 4.25. The Labute approximate surface area is 106 Å². The van der Waals surface area contributed by atoms with Gasteiger partial charge >= 0.3 is 23.7 Å². The number of carbonyl (C=O) groups is 2. The number of rotatable bonds is 1. The molecule has 0 spiro atoms. The van der Waals surface area contributed by atoms with Gasteiger partial charge in [0.1, 0.15) is 0 Å². The minimum Gasteiger partial charge on any atom is -0.447 e. The lowest BCUT2D eigenvalue weighted by atomic mass is 9.91. The van der Waals surface area contributed by atoms with E-state index in [0.29, 0.717) is 0 Å². The molecular formula is C12H9F3O4. The number of alkyl halides is 3. The Morgan fingerprint density at radius 1 is 1.16 bits per heavy atom. The van der Waals surface area contributed by atoms with E-state index >= 15 is 0 Å². The summed E-state index contributed by atoms with van der Waals surface area (Å²) >= 11 is 0. The number of halogens is 3. The van der Waals surface area contributed by atoms with Crippen LogP contribution in [-0.4, -0.2) is 24.2 Å². The smallest absolute Gasteiger partial charge is 0.444 e. The highest BCUT2D eigenvalue weighted by molar-refractivity contribution is 5.92. The maximum Gasteiger partial charge on any atom is 0.444 e. The summed E-state index contributed by atoms with van der Waals surface area (Å²) in [6, 6.07) is 6.20. The van der Waals surface area contributed by atoms with Crippen LogP contribution in [0.2, 0.25) is 0 Å². The van der Waals surface area contributed by atoms with Gasteiger partial charge in [-0.05, 0) is 6.92 Å². The number of esters is 2. The highest BCUT2D eigenvalue weighted by atomic mass is 19.4. The zero-order chi connectivity index (χ0) is 14.3. The molecule has 0 radical (unpaired) electrons. The fraction of sp³-hybridized carbons (Fsp3) is 0.333. The number of benzene rings is 1. The van der Waals surface area contributed by atoms with Gasteiger partial charge in [-0.15, -0.1) is 0 Å². The van der Waals surface area contributed by atoms with E-state index in [4.69, 9.17) is 0 Å². The Bertz CT molecular complexity index is 511. The molecule has 1 fully saturated rings. The number of cyclic esters (lactones) is 2. The number of hydrogen-bond donors (Lipinski definition) is 0. The van der Waals surface area contributed by atoms with Crippen LogP contribution in [0.25, 0.3) is 0 Å². The molecule has 2 rings (SSSR count). The van der Waals surface area contributed by atoms with Crippen LogP contribution in [0.5, 0.6) is 0 Å². The summed E-state index contributed by atoms with van der Waals surface area (Å²) in [6.45, 7) is 1.14. The average molecular weight is 274 g/mol. The van der Waals surface area contributed by atoms with E-state index in [9.17, 15) is 22.8 Å². The van der Waals surface area contributed by atoms with Crippen molar-refractivity contribution in [3.8, 4) is 0 Å². The van der Waals surface area contributed by atoms with E-state index in [1.54, 1.807) is 0 Å². The monoisotopic (exact) mass is 274 g/mol. The number of hydrogen-bond acceptors (Lipinski definition) is 4. The van der Waals surface area contributed by atoms with Crippen LogP contribution < -0.4 is 0 Å². The topological polar surface area (TPSA) is 52.6 Å². The van der Waals surface area contributed by atoms with Gasteiger partial charge in [-0.2, -0.15) is 13.2 Å². The molecule has 1 aromatic rings. The summed E-state index contributed by atoms with van der Waals surface area (Å²) < 4.78 is 48.6. The Morgan fingerprint density at radius 3 is 2.26 bits per heavy atom. The molecule has 2 unspecified atom stereocenters. The summed E-state index contributed by atoms with van der Waals surface area (Å²) in [7, 11) is 0.